The van der Waals surface area contributed by atoms with Crippen molar-refractivity contribution in [2.75, 3.05) is 0 Å². The summed E-state index contributed by atoms with van der Waals surface area (Å²) >= 11 is 0. The van der Waals surface area contributed by atoms with Crippen LogP contribution in [0.2, 0.25) is 0 Å². The molecule has 86 valence electrons. The predicted molar refractivity (Wildman–Crippen MR) is 60.2 cm³/mol. The van der Waals surface area contributed by atoms with Gasteiger partial charge < -0.3 is 9.05 Å². The third kappa shape index (κ3) is 1.54. The normalized spacial score (nSPS) is 11.0. The Balaban J connectivity index is 2.50. The Labute approximate surface area is 94.6 Å². The van der Waals surface area contributed by atoms with Gasteiger partial charge in [0.1, 0.15) is 22.9 Å². The molecule has 2 aromatic rings. The predicted octanol–water partition coefficient (Wildman–Crippen LogP) is 3.07. The average Bonchev–Trinajstić information content (AvgIpc) is 2.82. The maximum absolute atomic E-state index is 5.27. The van der Waals surface area contributed by atoms with Crippen molar-refractivity contribution in [3.8, 4) is 11.4 Å². The Bertz CT molecular complexity index is 451. The summed E-state index contributed by atoms with van der Waals surface area (Å²) in [5.74, 6) is 1.82. The molecular weight excluding hydrogens is 204 g/mol. The molecule has 0 N–H and O–H groups in total. The van der Waals surface area contributed by atoms with Crippen molar-refractivity contribution < 1.29 is 9.05 Å². The molecule has 0 aliphatic heterocycles. The summed E-state index contributed by atoms with van der Waals surface area (Å²) in [7, 11) is 0. The van der Waals surface area contributed by atoms with Crippen molar-refractivity contribution in [3.63, 3.8) is 0 Å². The van der Waals surface area contributed by atoms with Gasteiger partial charge in [-0.3, -0.25) is 0 Å². The van der Waals surface area contributed by atoms with Crippen molar-refractivity contribution in [3.05, 3.63) is 22.6 Å². The summed E-state index contributed by atoms with van der Waals surface area (Å²) in [5, 5.41) is 8.14. The van der Waals surface area contributed by atoms with E-state index in [0.29, 0.717) is 0 Å². The second kappa shape index (κ2) is 4.12. The molecule has 0 aromatic carbocycles. The second-order valence-electron chi connectivity index (χ2n) is 3.87. The van der Waals surface area contributed by atoms with E-state index in [1.807, 2.05) is 27.7 Å². The zero-order chi connectivity index (χ0) is 11.7. The van der Waals surface area contributed by atoms with Gasteiger partial charge in [-0.15, -0.1) is 0 Å². The van der Waals surface area contributed by atoms with Crippen LogP contribution in [0.3, 0.4) is 0 Å². The number of nitrogens with zero attached hydrogens (tertiary/aromatic N) is 2. The lowest BCUT2D eigenvalue weighted by atomic mass is 10.1. The molecule has 2 heterocycles. The molecule has 4 heteroatoms. The molecule has 0 atom stereocenters. The number of rotatable bonds is 3. The topological polar surface area (TPSA) is 52.1 Å². The largest absolute Gasteiger partial charge is 0.360 e. The minimum Gasteiger partial charge on any atom is -0.360 e. The van der Waals surface area contributed by atoms with Crippen LogP contribution in [-0.4, -0.2) is 10.3 Å². The van der Waals surface area contributed by atoms with E-state index in [1.54, 1.807) is 0 Å². The van der Waals surface area contributed by atoms with Gasteiger partial charge in [-0.25, -0.2) is 0 Å². The zero-order valence-corrected chi connectivity index (χ0v) is 10.1. The van der Waals surface area contributed by atoms with Gasteiger partial charge in [-0.2, -0.15) is 0 Å². The minimum absolute atomic E-state index is 0.804. The monoisotopic (exact) mass is 220 g/mol. The van der Waals surface area contributed by atoms with Crippen LogP contribution in [-0.2, 0) is 12.8 Å². The van der Waals surface area contributed by atoms with Crippen LogP contribution in [0.5, 0.6) is 0 Å². The van der Waals surface area contributed by atoms with E-state index in [4.69, 9.17) is 9.05 Å². The molecule has 0 bridgehead atoms. The summed E-state index contributed by atoms with van der Waals surface area (Å²) in [6.07, 6.45) is 1.69. The Morgan fingerprint density at radius 2 is 1.19 bits per heavy atom. The Morgan fingerprint density at radius 3 is 1.44 bits per heavy atom. The van der Waals surface area contributed by atoms with Gasteiger partial charge >= 0.3 is 0 Å². The maximum atomic E-state index is 5.27. The van der Waals surface area contributed by atoms with E-state index in [1.165, 1.54) is 0 Å². The molecule has 0 spiro atoms. The molecule has 0 fully saturated rings. The number of hydrogen-bond donors (Lipinski definition) is 0. The molecule has 0 amide bonds. The maximum Gasteiger partial charge on any atom is 0.140 e. The van der Waals surface area contributed by atoms with Crippen molar-refractivity contribution >= 4 is 0 Å². The Hall–Kier alpha value is -1.58. The van der Waals surface area contributed by atoms with Crippen LogP contribution in [0.1, 0.15) is 36.5 Å². The van der Waals surface area contributed by atoms with E-state index < -0.39 is 0 Å². The highest BCUT2D eigenvalue weighted by Crippen LogP contribution is 2.28. The highest BCUT2D eigenvalue weighted by molar-refractivity contribution is 5.62. The molecule has 0 saturated heterocycles. The van der Waals surface area contributed by atoms with Gasteiger partial charge in [0, 0.05) is 24.0 Å². The van der Waals surface area contributed by atoms with E-state index >= 15 is 0 Å². The SMILES string of the molecule is CCc1onc(-c2noc(CC)c2C)c1C. The molecule has 0 saturated carbocycles. The highest BCUT2D eigenvalue weighted by atomic mass is 16.5. The molecule has 0 aliphatic rings. The first kappa shape index (κ1) is 10.9. The zero-order valence-electron chi connectivity index (χ0n) is 10.1. The van der Waals surface area contributed by atoms with Crippen molar-refractivity contribution in [1.82, 2.24) is 10.3 Å². The van der Waals surface area contributed by atoms with Gasteiger partial charge in [0.05, 0.1) is 0 Å². The fraction of sp³-hybridized carbons (Fsp3) is 0.500. The van der Waals surface area contributed by atoms with Crippen LogP contribution in [0.25, 0.3) is 11.4 Å². The standard InChI is InChI=1S/C12H16N2O2/c1-5-9-7(3)11(13-15-9)12-8(4)10(6-2)16-14-12/h5-6H2,1-4H3. The molecule has 4 nitrogen and oxygen atoms in total. The first-order valence-corrected chi connectivity index (χ1v) is 5.59. The summed E-state index contributed by atoms with van der Waals surface area (Å²) in [6.45, 7) is 8.10. The van der Waals surface area contributed by atoms with Crippen molar-refractivity contribution in [2.45, 2.75) is 40.5 Å². The van der Waals surface area contributed by atoms with Crippen LogP contribution in [0.15, 0.2) is 9.05 Å². The smallest absolute Gasteiger partial charge is 0.140 e. The Kier molecular flexibility index (Phi) is 2.81. The third-order valence-corrected chi connectivity index (χ3v) is 2.91. The summed E-state index contributed by atoms with van der Waals surface area (Å²) in [5.41, 5.74) is 3.72. The first-order valence-electron chi connectivity index (χ1n) is 5.59. The number of hydrogen-bond acceptors (Lipinski definition) is 4. The van der Waals surface area contributed by atoms with Gasteiger partial charge in [0.25, 0.3) is 0 Å². The van der Waals surface area contributed by atoms with Crippen LogP contribution in [0.4, 0.5) is 0 Å². The summed E-state index contributed by atoms with van der Waals surface area (Å²) < 4.78 is 10.5. The molecular formula is C12H16N2O2. The quantitative estimate of drug-likeness (QED) is 0.797. The lowest BCUT2D eigenvalue weighted by molar-refractivity contribution is 0.380. The van der Waals surface area contributed by atoms with E-state index in [0.717, 1.165) is 46.9 Å². The molecule has 0 unspecified atom stereocenters. The van der Waals surface area contributed by atoms with Gasteiger partial charge in [0.15, 0.2) is 0 Å². The second-order valence-corrected chi connectivity index (χ2v) is 3.87. The fourth-order valence-electron chi connectivity index (χ4n) is 1.84. The van der Waals surface area contributed by atoms with Crippen LogP contribution < -0.4 is 0 Å². The van der Waals surface area contributed by atoms with E-state index in [2.05, 4.69) is 10.3 Å². The highest BCUT2D eigenvalue weighted by Gasteiger charge is 2.19. The van der Waals surface area contributed by atoms with Crippen LogP contribution >= 0.6 is 0 Å². The number of aromatic nitrogens is 2. The lowest BCUT2D eigenvalue weighted by Crippen LogP contribution is -1.86. The third-order valence-electron chi connectivity index (χ3n) is 2.91. The van der Waals surface area contributed by atoms with Gasteiger partial charge in [-0.05, 0) is 13.8 Å². The summed E-state index contributed by atoms with van der Waals surface area (Å²) in [6, 6.07) is 0. The first-order chi connectivity index (χ1) is 7.69. The number of aryl methyl sites for hydroxylation is 2. The molecule has 0 radical (unpaired) electrons. The van der Waals surface area contributed by atoms with E-state index in [-0.39, 0.29) is 0 Å². The lowest BCUT2D eigenvalue weighted by Gasteiger charge is -1.93. The van der Waals surface area contributed by atoms with Crippen molar-refractivity contribution in [2.24, 2.45) is 0 Å². The van der Waals surface area contributed by atoms with Gasteiger partial charge in [0.2, 0.25) is 0 Å². The van der Waals surface area contributed by atoms with Crippen molar-refractivity contribution in [1.29, 1.82) is 0 Å². The molecule has 2 aromatic heterocycles. The molecule has 0 aliphatic carbocycles. The van der Waals surface area contributed by atoms with E-state index in [9.17, 15) is 0 Å². The molecule has 16 heavy (non-hydrogen) atoms. The van der Waals surface area contributed by atoms with Crippen LogP contribution in [0, 0.1) is 13.8 Å². The fourth-order valence-corrected chi connectivity index (χ4v) is 1.84. The molecule has 2 rings (SSSR count). The summed E-state index contributed by atoms with van der Waals surface area (Å²) in [4.78, 5) is 0. The average molecular weight is 220 g/mol. The minimum atomic E-state index is 0.804. The Morgan fingerprint density at radius 1 is 0.812 bits per heavy atom. The van der Waals surface area contributed by atoms with Gasteiger partial charge in [-0.1, -0.05) is 24.2 Å².